The zero-order valence-corrected chi connectivity index (χ0v) is 16.6. The lowest BCUT2D eigenvalue weighted by Crippen LogP contribution is -2.10. The lowest BCUT2D eigenvalue weighted by atomic mass is 9.98. The van der Waals surface area contributed by atoms with E-state index in [9.17, 15) is 9.90 Å². The topological polar surface area (TPSA) is 122 Å². The summed E-state index contributed by atoms with van der Waals surface area (Å²) in [5.74, 6) is -0.0143. The Kier molecular flexibility index (Phi) is 5.34. The summed E-state index contributed by atoms with van der Waals surface area (Å²) in [5.41, 5.74) is 3.99. The van der Waals surface area contributed by atoms with Crippen LogP contribution in [0.15, 0.2) is 48.5 Å². The van der Waals surface area contributed by atoms with Crippen LogP contribution in [0.2, 0.25) is 0 Å². The number of nitrogens with zero attached hydrogens (tertiary/aromatic N) is 6. The number of H-pyrrole nitrogens is 1. The molecule has 0 aliphatic heterocycles. The fourth-order valence-electron chi connectivity index (χ4n) is 3.24. The number of aromatic nitrogens is 7. The Morgan fingerprint density at radius 1 is 1.13 bits per heavy atom. The van der Waals surface area contributed by atoms with E-state index < -0.39 is 11.9 Å². The molecule has 0 aliphatic carbocycles. The van der Waals surface area contributed by atoms with Gasteiger partial charge in [-0.05, 0) is 28.8 Å². The molecule has 9 nitrogen and oxygen atoms in total. The van der Waals surface area contributed by atoms with E-state index in [1.54, 1.807) is 11.6 Å². The quantitative estimate of drug-likeness (QED) is 0.486. The Hall–Kier alpha value is -3.88. The van der Waals surface area contributed by atoms with Crippen molar-refractivity contribution in [2.75, 3.05) is 0 Å². The minimum Gasteiger partial charge on any atom is -0.481 e. The van der Waals surface area contributed by atoms with E-state index >= 15 is 0 Å². The maximum absolute atomic E-state index is 11.2. The number of aryl methyl sites for hydroxylation is 1. The molecule has 2 aromatic heterocycles. The predicted octanol–water partition coefficient (Wildman–Crippen LogP) is 2.92. The van der Waals surface area contributed by atoms with Gasteiger partial charge in [0.1, 0.15) is 11.7 Å². The van der Waals surface area contributed by atoms with Crippen molar-refractivity contribution in [3.05, 3.63) is 65.7 Å². The van der Waals surface area contributed by atoms with Gasteiger partial charge >= 0.3 is 5.97 Å². The Morgan fingerprint density at radius 3 is 2.50 bits per heavy atom. The molecule has 1 atom stereocenters. The number of rotatable bonds is 7. The van der Waals surface area contributed by atoms with Gasteiger partial charge in [0.15, 0.2) is 5.82 Å². The molecule has 4 rings (SSSR count). The Bertz CT molecular complexity index is 1150. The molecule has 2 heterocycles. The van der Waals surface area contributed by atoms with Crippen LogP contribution in [0, 0.1) is 0 Å². The lowest BCUT2D eigenvalue weighted by molar-refractivity contribution is -0.138. The predicted molar refractivity (Wildman–Crippen MR) is 110 cm³/mol. The third kappa shape index (κ3) is 3.82. The summed E-state index contributed by atoms with van der Waals surface area (Å²) in [4.78, 5) is 15.6. The van der Waals surface area contributed by atoms with Crippen molar-refractivity contribution in [1.29, 1.82) is 0 Å². The summed E-state index contributed by atoms with van der Waals surface area (Å²) in [6.45, 7) is 4.10. The number of tetrazole rings is 1. The number of hydrogen-bond donors (Lipinski definition) is 2. The van der Waals surface area contributed by atoms with Crippen molar-refractivity contribution in [1.82, 2.24) is 35.4 Å². The van der Waals surface area contributed by atoms with Gasteiger partial charge in [-0.1, -0.05) is 55.5 Å². The number of aromatic amines is 1. The van der Waals surface area contributed by atoms with Crippen molar-refractivity contribution in [3.63, 3.8) is 0 Å². The van der Waals surface area contributed by atoms with Gasteiger partial charge in [-0.3, -0.25) is 4.79 Å². The average Bonchev–Trinajstić information content (AvgIpc) is 3.44. The number of nitrogens with one attached hydrogen (secondary N) is 1. The molecule has 1 unspecified atom stereocenters. The normalized spacial score (nSPS) is 12.1. The van der Waals surface area contributed by atoms with Crippen LogP contribution < -0.4 is 0 Å². The van der Waals surface area contributed by atoms with Gasteiger partial charge in [-0.2, -0.15) is 10.3 Å². The van der Waals surface area contributed by atoms with Crippen molar-refractivity contribution in [2.24, 2.45) is 0 Å². The highest BCUT2D eigenvalue weighted by Crippen LogP contribution is 2.29. The first-order chi connectivity index (χ1) is 14.6. The number of carboxylic acid groups (broad SMARTS) is 1. The Labute approximate surface area is 172 Å². The second-order valence-electron chi connectivity index (χ2n) is 6.94. The van der Waals surface area contributed by atoms with E-state index in [0.717, 1.165) is 28.1 Å². The first-order valence-corrected chi connectivity index (χ1v) is 9.65. The van der Waals surface area contributed by atoms with Gasteiger partial charge in [0.25, 0.3) is 0 Å². The minimum atomic E-state index is -0.931. The van der Waals surface area contributed by atoms with E-state index in [2.05, 4.69) is 30.7 Å². The fourth-order valence-corrected chi connectivity index (χ4v) is 3.24. The van der Waals surface area contributed by atoms with Crippen molar-refractivity contribution >= 4 is 5.97 Å². The molecule has 0 aliphatic rings. The molecule has 0 saturated carbocycles. The second kappa shape index (κ2) is 8.24. The highest BCUT2D eigenvalue weighted by molar-refractivity contribution is 5.80. The van der Waals surface area contributed by atoms with Crippen LogP contribution in [0.25, 0.3) is 22.5 Å². The minimum absolute atomic E-state index is 0.338. The molecule has 152 valence electrons. The number of carbonyl (C=O) groups is 1. The summed E-state index contributed by atoms with van der Waals surface area (Å²) in [6, 6.07) is 16.0. The highest BCUT2D eigenvalue weighted by Gasteiger charge is 2.20. The molecule has 4 aromatic rings. The smallest absolute Gasteiger partial charge is 0.314 e. The van der Waals surface area contributed by atoms with E-state index in [1.165, 1.54) is 0 Å². The molecule has 9 heteroatoms. The van der Waals surface area contributed by atoms with Crippen LogP contribution in [0.1, 0.15) is 37.0 Å². The first-order valence-electron chi connectivity index (χ1n) is 9.65. The van der Waals surface area contributed by atoms with Crippen LogP contribution in [0.4, 0.5) is 0 Å². The van der Waals surface area contributed by atoms with Gasteiger partial charge in [0, 0.05) is 12.0 Å². The zero-order chi connectivity index (χ0) is 21.1. The molecular weight excluding hydrogens is 382 g/mol. The maximum Gasteiger partial charge on any atom is 0.314 e. The average molecular weight is 403 g/mol. The van der Waals surface area contributed by atoms with Crippen LogP contribution in [0.3, 0.4) is 0 Å². The largest absolute Gasteiger partial charge is 0.481 e. The third-order valence-electron chi connectivity index (χ3n) is 4.95. The molecule has 0 amide bonds. The maximum atomic E-state index is 11.2. The number of benzene rings is 2. The Morgan fingerprint density at radius 2 is 1.87 bits per heavy atom. The molecule has 0 fully saturated rings. The monoisotopic (exact) mass is 403 g/mol. The molecule has 2 aromatic carbocycles. The molecule has 0 bridgehead atoms. The summed E-state index contributed by atoms with van der Waals surface area (Å²) in [6.07, 6.45) is 0.676. The van der Waals surface area contributed by atoms with Crippen LogP contribution >= 0.6 is 0 Å². The van der Waals surface area contributed by atoms with Crippen LogP contribution in [-0.2, 0) is 17.8 Å². The third-order valence-corrected chi connectivity index (χ3v) is 4.95. The fraction of sp³-hybridized carbons (Fsp3) is 0.238. The molecular formula is C21H21N7O2. The summed E-state index contributed by atoms with van der Waals surface area (Å²) in [7, 11) is 0. The molecule has 0 spiro atoms. The standard InChI is InChI=1S/C21H21N7O2/c1-3-18-22-19(13(2)21(29)30)25-28(18)12-14-8-10-15(11-9-14)16-6-4-5-7-17(16)20-23-26-27-24-20/h4-11,13H,3,12H2,1-2H3,(H,29,30)(H,23,24,26,27). The van der Waals surface area contributed by atoms with Gasteiger partial charge < -0.3 is 5.11 Å². The number of aliphatic carboxylic acids is 1. The summed E-state index contributed by atoms with van der Waals surface area (Å²) < 4.78 is 1.77. The van der Waals surface area contributed by atoms with Gasteiger partial charge in [0.2, 0.25) is 5.82 Å². The summed E-state index contributed by atoms with van der Waals surface area (Å²) in [5, 5.41) is 28.0. The second-order valence-corrected chi connectivity index (χ2v) is 6.94. The van der Waals surface area contributed by atoms with Gasteiger partial charge in [-0.15, -0.1) is 10.2 Å². The van der Waals surface area contributed by atoms with Crippen molar-refractivity contribution in [3.8, 4) is 22.5 Å². The van der Waals surface area contributed by atoms with E-state index in [-0.39, 0.29) is 0 Å². The van der Waals surface area contributed by atoms with Gasteiger partial charge in [-0.25, -0.2) is 9.67 Å². The lowest BCUT2D eigenvalue weighted by Gasteiger charge is -2.09. The SMILES string of the molecule is CCc1nc(C(C)C(=O)O)nn1Cc1ccc(-c2ccccc2-c2nn[nH]n2)cc1. The molecule has 2 N–H and O–H groups in total. The van der Waals surface area contributed by atoms with E-state index in [0.29, 0.717) is 24.6 Å². The Balaban J connectivity index is 1.60. The van der Waals surface area contributed by atoms with Crippen LogP contribution in [-0.4, -0.2) is 46.5 Å². The molecule has 30 heavy (non-hydrogen) atoms. The zero-order valence-electron chi connectivity index (χ0n) is 16.6. The van der Waals surface area contributed by atoms with E-state index in [4.69, 9.17) is 0 Å². The van der Waals surface area contributed by atoms with Crippen molar-refractivity contribution < 1.29 is 9.90 Å². The highest BCUT2D eigenvalue weighted by atomic mass is 16.4. The van der Waals surface area contributed by atoms with Gasteiger partial charge in [0.05, 0.1) is 6.54 Å². The van der Waals surface area contributed by atoms with Crippen molar-refractivity contribution in [2.45, 2.75) is 32.7 Å². The molecule has 0 radical (unpaired) electrons. The van der Waals surface area contributed by atoms with Crippen LogP contribution in [0.5, 0.6) is 0 Å². The summed E-state index contributed by atoms with van der Waals surface area (Å²) >= 11 is 0. The number of hydrogen-bond acceptors (Lipinski definition) is 6. The molecule has 0 saturated heterocycles. The number of carboxylic acids is 1. The van der Waals surface area contributed by atoms with E-state index in [1.807, 2.05) is 55.5 Å². The first kappa shape index (κ1) is 19.4.